The normalized spacial score (nSPS) is 18.4. The second-order valence-electron chi connectivity index (χ2n) is 6.45. The quantitative estimate of drug-likeness (QED) is 0.858. The van der Waals surface area contributed by atoms with E-state index in [0.717, 1.165) is 11.1 Å². The van der Waals surface area contributed by atoms with Crippen LogP contribution in [0.25, 0.3) is 0 Å². The number of aryl methyl sites for hydroxylation is 1. The molecule has 7 heteroatoms. The first kappa shape index (κ1) is 17.1. The van der Waals surface area contributed by atoms with Gasteiger partial charge in [0.1, 0.15) is 5.71 Å². The molecule has 0 atom stereocenters. The number of likely N-dealkylation sites (tertiary alicyclic amines) is 1. The lowest BCUT2D eigenvalue weighted by Crippen LogP contribution is -2.48. The summed E-state index contributed by atoms with van der Waals surface area (Å²) in [5.74, 6) is -0.356. The fraction of sp³-hybridized carbons (Fsp3) is 0.444. The highest BCUT2D eigenvalue weighted by Gasteiger charge is 2.27. The number of nitrogens with one attached hydrogen (secondary N) is 2. The van der Waals surface area contributed by atoms with Crippen molar-refractivity contribution in [2.24, 2.45) is 5.10 Å². The van der Waals surface area contributed by atoms with Gasteiger partial charge in [-0.2, -0.15) is 5.10 Å². The second kappa shape index (κ2) is 7.46. The number of carbonyl (C=O) groups excluding carboxylic acids is 3. The van der Waals surface area contributed by atoms with Gasteiger partial charge in [-0.1, -0.05) is 18.2 Å². The van der Waals surface area contributed by atoms with Gasteiger partial charge < -0.3 is 10.2 Å². The smallest absolute Gasteiger partial charge is 0.267 e. The monoisotopic (exact) mass is 342 g/mol. The van der Waals surface area contributed by atoms with E-state index in [1.165, 1.54) is 0 Å². The number of hydrogen-bond donors (Lipinski definition) is 2. The van der Waals surface area contributed by atoms with E-state index in [1.54, 1.807) is 0 Å². The highest BCUT2D eigenvalue weighted by Crippen LogP contribution is 2.16. The molecule has 0 aliphatic carbocycles. The second-order valence-corrected chi connectivity index (χ2v) is 6.45. The van der Waals surface area contributed by atoms with E-state index in [1.807, 2.05) is 36.1 Å². The summed E-state index contributed by atoms with van der Waals surface area (Å²) in [7, 11) is 0. The first-order valence-electron chi connectivity index (χ1n) is 8.56. The Morgan fingerprint density at radius 2 is 1.92 bits per heavy atom. The number of amides is 3. The number of rotatable bonds is 3. The molecule has 2 N–H and O–H groups in total. The molecule has 0 spiro atoms. The van der Waals surface area contributed by atoms with Crippen LogP contribution < -0.4 is 10.7 Å². The predicted octanol–water partition coefficient (Wildman–Crippen LogP) is 0.982. The lowest BCUT2D eigenvalue weighted by atomic mass is 10.0. The summed E-state index contributed by atoms with van der Waals surface area (Å²) >= 11 is 0. The first-order valence-corrected chi connectivity index (χ1v) is 8.56. The number of nitrogens with zero attached hydrogens (tertiary/aromatic N) is 2. The fourth-order valence-electron chi connectivity index (χ4n) is 3.12. The van der Waals surface area contributed by atoms with Crippen LogP contribution >= 0.6 is 0 Å². The van der Waals surface area contributed by atoms with E-state index in [0.29, 0.717) is 38.1 Å². The average molecular weight is 342 g/mol. The van der Waals surface area contributed by atoms with Gasteiger partial charge in [-0.25, -0.2) is 5.43 Å². The lowest BCUT2D eigenvalue weighted by Gasteiger charge is -2.33. The standard InChI is InChI=1S/C18H22N4O3/c1-12-4-2-3-5-14(12)18(25)22-10-8-13(9-11-22)19-17(24)15-6-7-16(23)21-20-15/h2-5,13H,6-11H2,1H3,(H,19,24)(H,21,23). The first-order chi connectivity index (χ1) is 12.0. The molecule has 25 heavy (non-hydrogen) atoms. The van der Waals surface area contributed by atoms with Crippen molar-refractivity contribution in [3.8, 4) is 0 Å². The molecule has 3 amide bonds. The number of hydrazone groups is 1. The van der Waals surface area contributed by atoms with Crippen molar-refractivity contribution in [1.82, 2.24) is 15.6 Å². The van der Waals surface area contributed by atoms with Crippen LogP contribution in [0.15, 0.2) is 29.4 Å². The SMILES string of the molecule is Cc1ccccc1C(=O)N1CCC(NC(=O)C2=NNC(=O)CC2)CC1. The molecular formula is C18H22N4O3. The van der Waals surface area contributed by atoms with Gasteiger partial charge in [0.2, 0.25) is 5.91 Å². The van der Waals surface area contributed by atoms with E-state index in [2.05, 4.69) is 15.8 Å². The molecule has 0 bridgehead atoms. The number of carbonyl (C=O) groups is 3. The van der Waals surface area contributed by atoms with E-state index >= 15 is 0 Å². The molecule has 0 radical (unpaired) electrons. The number of benzene rings is 1. The van der Waals surface area contributed by atoms with Gasteiger partial charge in [-0.05, 0) is 31.4 Å². The van der Waals surface area contributed by atoms with Crippen LogP contribution in [0.1, 0.15) is 41.6 Å². The molecule has 1 fully saturated rings. The van der Waals surface area contributed by atoms with Crippen molar-refractivity contribution in [3.05, 3.63) is 35.4 Å². The molecule has 0 saturated carbocycles. The minimum atomic E-state index is -0.233. The van der Waals surface area contributed by atoms with E-state index in [-0.39, 0.29) is 30.2 Å². The van der Waals surface area contributed by atoms with Crippen LogP contribution in [0.5, 0.6) is 0 Å². The third-order valence-corrected chi connectivity index (χ3v) is 4.66. The van der Waals surface area contributed by atoms with Crippen molar-refractivity contribution in [2.45, 2.75) is 38.6 Å². The Labute approximate surface area is 146 Å². The van der Waals surface area contributed by atoms with Crippen molar-refractivity contribution >= 4 is 23.4 Å². The van der Waals surface area contributed by atoms with Crippen molar-refractivity contribution in [3.63, 3.8) is 0 Å². The molecule has 2 aliphatic rings. The Kier molecular flexibility index (Phi) is 5.11. The summed E-state index contributed by atoms with van der Waals surface area (Å²) in [4.78, 5) is 37.7. The molecule has 2 aliphatic heterocycles. The highest BCUT2D eigenvalue weighted by atomic mass is 16.2. The zero-order valence-corrected chi connectivity index (χ0v) is 14.2. The molecule has 0 unspecified atom stereocenters. The number of piperidine rings is 1. The lowest BCUT2D eigenvalue weighted by molar-refractivity contribution is -0.121. The molecule has 1 saturated heterocycles. The summed E-state index contributed by atoms with van der Waals surface area (Å²) in [6.07, 6.45) is 2.07. The molecule has 132 valence electrons. The maximum Gasteiger partial charge on any atom is 0.267 e. The Morgan fingerprint density at radius 3 is 2.56 bits per heavy atom. The fourth-order valence-corrected chi connectivity index (χ4v) is 3.12. The summed E-state index contributed by atoms with van der Waals surface area (Å²) < 4.78 is 0. The topological polar surface area (TPSA) is 90.9 Å². The van der Waals surface area contributed by atoms with Crippen LogP contribution in [0.4, 0.5) is 0 Å². The molecule has 7 nitrogen and oxygen atoms in total. The average Bonchev–Trinajstić information content (AvgIpc) is 2.63. The van der Waals surface area contributed by atoms with Gasteiger partial charge in [-0.15, -0.1) is 0 Å². The Morgan fingerprint density at radius 1 is 1.20 bits per heavy atom. The van der Waals surface area contributed by atoms with Crippen LogP contribution in [-0.2, 0) is 9.59 Å². The van der Waals surface area contributed by atoms with E-state index in [9.17, 15) is 14.4 Å². The van der Waals surface area contributed by atoms with Crippen molar-refractivity contribution < 1.29 is 14.4 Å². The highest BCUT2D eigenvalue weighted by molar-refractivity contribution is 6.39. The van der Waals surface area contributed by atoms with Crippen LogP contribution in [0, 0.1) is 6.92 Å². The van der Waals surface area contributed by atoms with Gasteiger partial charge >= 0.3 is 0 Å². The van der Waals surface area contributed by atoms with Crippen LogP contribution in [-0.4, -0.2) is 47.5 Å². The Hall–Kier alpha value is -2.70. The van der Waals surface area contributed by atoms with Gasteiger partial charge in [0, 0.05) is 37.5 Å². The number of hydrogen-bond acceptors (Lipinski definition) is 4. The Bertz CT molecular complexity index is 721. The van der Waals surface area contributed by atoms with E-state index in [4.69, 9.17) is 0 Å². The minimum Gasteiger partial charge on any atom is -0.348 e. The molecule has 1 aromatic carbocycles. The third kappa shape index (κ3) is 4.04. The largest absolute Gasteiger partial charge is 0.348 e. The molecular weight excluding hydrogens is 320 g/mol. The third-order valence-electron chi connectivity index (χ3n) is 4.66. The van der Waals surface area contributed by atoms with E-state index < -0.39 is 0 Å². The van der Waals surface area contributed by atoms with Gasteiger partial charge in [0.05, 0.1) is 0 Å². The summed E-state index contributed by atoms with van der Waals surface area (Å²) in [6, 6.07) is 7.60. The maximum atomic E-state index is 12.6. The van der Waals surface area contributed by atoms with Crippen molar-refractivity contribution in [2.75, 3.05) is 13.1 Å². The van der Waals surface area contributed by atoms with Crippen molar-refractivity contribution in [1.29, 1.82) is 0 Å². The predicted molar refractivity (Wildman–Crippen MR) is 93.1 cm³/mol. The zero-order chi connectivity index (χ0) is 17.8. The summed E-state index contributed by atoms with van der Waals surface area (Å²) in [5.41, 5.74) is 4.40. The zero-order valence-electron chi connectivity index (χ0n) is 14.2. The van der Waals surface area contributed by atoms with Crippen LogP contribution in [0.2, 0.25) is 0 Å². The summed E-state index contributed by atoms with van der Waals surface area (Å²) in [6.45, 7) is 3.16. The molecule has 3 rings (SSSR count). The summed E-state index contributed by atoms with van der Waals surface area (Å²) in [5, 5.41) is 6.76. The van der Waals surface area contributed by atoms with Gasteiger partial charge in [0.25, 0.3) is 11.8 Å². The Balaban J connectivity index is 1.52. The maximum absolute atomic E-state index is 12.6. The molecule has 0 aromatic heterocycles. The van der Waals surface area contributed by atoms with Gasteiger partial charge in [-0.3, -0.25) is 14.4 Å². The minimum absolute atomic E-state index is 0.0220. The molecule has 2 heterocycles. The van der Waals surface area contributed by atoms with Gasteiger partial charge in [0.15, 0.2) is 0 Å². The molecule has 1 aromatic rings. The van der Waals surface area contributed by atoms with Crippen LogP contribution in [0.3, 0.4) is 0 Å².